The first-order valence-electron chi connectivity index (χ1n) is 7.35. The van der Waals surface area contributed by atoms with Crippen molar-refractivity contribution in [2.45, 2.75) is 30.5 Å². The minimum Gasteiger partial charge on any atom is -0.492 e. The number of benzene rings is 1. The number of halogens is 1. The number of nitrogens with one attached hydrogen (secondary N) is 1. The fraction of sp³-hybridized carbons (Fsp3) is 0.562. The Balaban J connectivity index is 1.51. The molecule has 1 amide bonds. The lowest BCUT2D eigenvalue weighted by molar-refractivity contribution is -0.126. The summed E-state index contributed by atoms with van der Waals surface area (Å²) in [6.07, 6.45) is 4.39. The number of amides is 1. The van der Waals surface area contributed by atoms with Gasteiger partial charge in [0.25, 0.3) is 0 Å². The lowest BCUT2D eigenvalue weighted by Gasteiger charge is -2.25. The Morgan fingerprint density at radius 3 is 3.00 bits per heavy atom. The van der Waals surface area contributed by atoms with Crippen molar-refractivity contribution in [3.63, 3.8) is 0 Å². The van der Waals surface area contributed by atoms with Gasteiger partial charge in [-0.1, -0.05) is 34.1 Å². The lowest BCUT2D eigenvalue weighted by Crippen LogP contribution is -2.39. The summed E-state index contributed by atoms with van der Waals surface area (Å²) in [5, 5.41) is 3.11. The summed E-state index contributed by atoms with van der Waals surface area (Å²) < 4.78 is 5.68. The minimum absolute atomic E-state index is 0.0499. The quantitative estimate of drug-likeness (QED) is 0.861. The molecule has 108 valence electrons. The topological polar surface area (TPSA) is 38.3 Å². The number of carbonyl (C=O) groups excluding carboxylic acids is 1. The first-order valence-corrected chi connectivity index (χ1v) is 8.26. The van der Waals surface area contributed by atoms with Gasteiger partial charge in [-0.05, 0) is 43.2 Å². The van der Waals surface area contributed by atoms with Crippen LogP contribution in [0, 0.1) is 11.8 Å². The zero-order valence-corrected chi connectivity index (χ0v) is 13.1. The van der Waals surface area contributed by atoms with Crippen LogP contribution in [0.2, 0.25) is 0 Å². The first-order chi connectivity index (χ1) is 9.72. The van der Waals surface area contributed by atoms with Crippen LogP contribution in [0.1, 0.15) is 24.8 Å². The van der Waals surface area contributed by atoms with Gasteiger partial charge in [-0.25, -0.2) is 0 Å². The van der Waals surface area contributed by atoms with E-state index >= 15 is 0 Å². The maximum absolute atomic E-state index is 12.2. The van der Waals surface area contributed by atoms with E-state index < -0.39 is 0 Å². The van der Waals surface area contributed by atoms with Gasteiger partial charge < -0.3 is 10.1 Å². The molecule has 1 N–H and O–H groups in total. The molecule has 3 atom stereocenters. The molecule has 1 aliphatic heterocycles. The van der Waals surface area contributed by atoms with Crippen LogP contribution in [-0.2, 0) is 11.2 Å². The van der Waals surface area contributed by atoms with Gasteiger partial charge in [0.05, 0.1) is 5.92 Å². The number of rotatable bonds is 3. The number of hydrogen-bond donors (Lipinski definition) is 1. The molecule has 3 unspecified atom stereocenters. The second-order valence-electron chi connectivity index (χ2n) is 5.84. The van der Waals surface area contributed by atoms with Crippen LogP contribution in [0.25, 0.3) is 0 Å². The predicted molar refractivity (Wildman–Crippen MR) is 82.2 cm³/mol. The molecule has 3 nitrogen and oxygen atoms in total. The van der Waals surface area contributed by atoms with Crippen molar-refractivity contribution in [3.8, 4) is 5.75 Å². The van der Waals surface area contributed by atoms with E-state index in [0.717, 1.165) is 24.3 Å². The molecule has 0 saturated heterocycles. The highest BCUT2D eigenvalue weighted by molar-refractivity contribution is 9.09. The highest BCUT2D eigenvalue weighted by atomic mass is 79.9. The van der Waals surface area contributed by atoms with E-state index in [1.54, 1.807) is 0 Å². The molecule has 0 aromatic heterocycles. The van der Waals surface area contributed by atoms with Gasteiger partial charge in [-0.15, -0.1) is 0 Å². The van der Waals surface area contributed by atoms with Crippen molar-refractivity contribution in [2.24, 2.45) is 11.8 Å². The number of alkyl halides is 1. The van der Waals surface area contributed by atoms with Crippen molar-refractivity contribution in [3.05, 3.63) is 29.8 Å². The van der Waals surface area contributed by atoms with Crippen molar-refractivity contribution in [1.29, 1.82) is 0 Å². The number of fused-ring (bicyclic) bond motifs is 1. The van der Waals surface area contributed by atoms with Crippen molar-refractivity contribution in [2.75, 3.05) is 13.2 Å². The van der Waals surface area contributed by atoms with E-state index in [4.69, 9.17) is 4.74 Å². The summed E-state index contributed by atoms with van der Waals surface area (Å²) in [6.45, 7) is 1.30. The summed E-state index contributed by atoms with van der Waals surface area (Å²) in [7, 11) is 0. The molecule has 0 radical (unpaired) electrons. The fourth-order valence-corrected chi connectivity index (χ4v) is 3.88. The van der Waals surface area contributed by atoms with Crippen molar-refractivity contribution < 1.29 is 9.53 Å². The molecule has 1 saturated carbocycles. The van der Waals surface area contributed by atoms with Crippen LogP contribution in [0.4, 0.5) is 0 Å². The minimum atomic E-state index is -0.0499. The summed E-state index contributed by atoms with van der Waals surface area (Å²) in [5.41, 5.74) is 1.14. The second kappa shape index (κ2) is 6.17. The van der Waals surface area contributed by atoms with Crippen molar-refractivity contribution in [1.82, 2.24) is 5.32 Å². The van der Waals surface area contributed by atoms with Gasteiger partial charge >= 0.3 is 0 Å². The predicted octanol–water partition coefficient (Wildman–Crippen LogP) is 2.92. The number of para-hydroxylation sites is 1. The lowest BCUT2D eigenvalue weighted by atomic mass is 9.96. The Labute approximate surface area is 128 Å². The molecule has 4 heteroatoms. The highest BCUT2D eigenvalue weighted by Crippen LogP contribution is 2.30. The molecule has 2 aliphatic rings. The van der Waals surface area contributed by atoms with E-state index in [1.165, 1.54) is 19.3 Å². The zero-order chi connectivity index (χ0) is 13.9. The van der Waals surface area contributed by atoms with Gasteiger partial charge in [-0.2, -0.15) is 0 Å². The van der Waals surface area contributed by atoms with E-state index in [0.29, 0.717) is 17.4 Å². The maximum atomic E-state index is 12.2. The Hall–Kier alpha value is -1.03. The summed E-state index contributed by atoms with van der Waals surface area (Å²) in [4.78, 5) is 12.9. The molecule has 1 heterocycles. The normalized spacial score (nSPS) is 28.6. The molecule has 1 aromatic carbocycles. The Kier molecular flexibility index (Phi) is 4.29. The van der Waals surface area contributed by atoms with Crippen LogP contribution >= 0.6 is 15.9 Å². The maximum Gasteiger partial charge on any atom is 0.226 e. The third-order valence-corrected chi connectivity index (χ3v) is 5.12. The Morgan fingerprint density at radius 1 is 1.35 bits per heavy atom. The van der Waals surface area contributed by atoms with E-state index in [2.05, 4.69) is 21.2 Å². The number of carbonyl (C=O) groups is 1. The summed E-state index contributed by atoms with van der Waals surface area (Å²) >= 11 is 3.65. The van der Waals surface area contributed by atoms with Gasteiger partial charge in [0.15, 0.2) is 0 Å². The molecule has 1 fully saturated rings. The standard InChI is InChI=1S/C16H20BrNO2/c17-14-6-5-11(7-14)9-18-16(19)13-8-12-3-1-2-4-15(12)20-10-13/h1-4,11,13-14H,5-10H2,(H,18,19). The molecular weight excluding hydrogens is 318 g/mol. The molecular formula is C16H20BrNO2. The SMILES string of the molecule is O=C(NCC1CCC(Br)C1)C1COc2ccccc2C1. The second-order valence-corrected chi connectivity index (χ2v) is 7.14. The average Bonchev–Trinajstić information content (AvgIpc) is 2.90. The molecule has 0 spiro atoms. The highest BCUT2D eigenvalue weighted by Gasteiger charge is 2.27. The molecule has 20 heavy (non-hydrogen) atoms. The van der Waals surface area contributed by atoms with Gasteiger partial charge in [0.1, 0.15) is 12.4 Å². The van der Waals surface area contributed by atoms with Crippen LogP contribution in [0.5, 0.6) is 5.75 Å². The van der Waals surface area contributed by atoms with Gasteiger partial charge in [0.2, 0.25) is 5.91 Å². The van der Waals surface area contributed by atoms with Crippen LogP contribution < -0.4 is 10.1 Å². The molecule has 1 aromatic rings. The monoisotopic (exact) mass is 337 g/mol. The van der Waals surface area contributed by atoms with E-state index in [9.17, 15) is 4.79 Å². The smallest absolute Gasteiger partial charge is 0.226 e. The van der Waals surface area contributed by atoms with Crippen LogP contribution in [-0.4, -0.2) is 23.9 Å². The van der Waals surface area contributed by atoms with E-state index in [1.807, 2.05) is 24.3 Å². The van der Waals surface area contributed by atoms with Gasteiger partial charge in [-0.3, -0.25) is 4.79 Å². The number of ether oxygens (including phenoxy) is 1. The van der Waals surface area contributed by atoms with Crippen LogP contribution in [0.15, 0.2) is 24.3 Å². The zero-order valence-electron chi connectivity index (χ0n) is 11.5. The third-order valence-electron chi connectivity index (χ3n) is 4.29. The largest absolute Gasteiger partial charge is 0.492 e. The van der Waals surface area contributed by atoms with E-state index in [-0.39, 0.29) is 11.8 Å². The molecule has 3 rings (SSSR count). The summed E-state index contributed by atoms with van der Waals surface area (Å²) in [5.74, 6) is 1.64. The molecule has 0 bridgehead atoms. The average molecular weight is 338 g/mol. The summed E-state index contributed by atoms with van der Waals surface area (Å²) in [6, 6.07) is 7.98. The number of hydrogen-bond acceptors (Lipinski definition) is 2. The van der Waals surface area contributed by atoms with Crippen LogP contribution in [0.3, 0.4) is 0 Å². The fourth-order valence-electron chi connectivity index (χ4n) is 3.09. The van der Waals surface area contributed by atoms with Crippen molar-refractivity contribution >= 4 is 21.8 Å². The first kappa shape index (κ1) is 13.9. The molecule has 1 aliphatic carbocycles. The Morgan fingerprint density at radius 2 is 2.20 bits per heavy atom. The Bertz CT molecular complexity index is 491. The third kappa shape index (κ3) is 3.17. The van der Waals surface area contributed by atoms with Gasteiger partial charge in [0, 0.05) is 11.4 Å².